The number of nitrogens with zero attached hydrogens (tertiary/aromatic N) is 3. The molecule has 4 rings (SSSR count). The van der Waals surface area contributed by atoms with Gasteiger partial charge in [-0.15, -0.1) is 0 Å². The van der Waals surface area contributed by atoms with Crippen molar-refractivity contribution in [2.45, 2.75) is 51.1 Å². The zero-order valence-electron chi connectivity index (χ0n) is 17.1. The first kappa shape index (κ1) is 23.3. The quantitative estimate of drug-likeness (QED) is 0.596. The van der Waals surface area contributed by atoms with Gasteiger partial charge in [-0.1, -0.05) is 6.07 Å². The summed E-state index contributed by atoms with van der Waals surface area (Å²) in [6.45, 7) is 2.19. The number of carboxylic acid groups (broad SMARTS) is 1. The van der Waals surface area contributed by atoms with Crippen LogP contribution < -0.4 is 10.9 Å². The van der Waals surface area contributed by atoms with E-state index in [2.05, 4.69) is 10.4 Å². The molecule has 3 heterocycles. The van der Waals surface area contributed by atoms with Crippen LogP contribution in [0.4, 0.5) is 13.2 Å². The number of furan rings is 1. The molecule has 3 aromatic rings. The zero-order chi connectivity index (χ0) is 23.1. The molecule has 1 atom stereocenters. The number of hydrogen-bond acceptors (Lipinski definition) is 5. The van der Waals surface area contributed by atoms with Crippen LogP contribution in [0.25, 0.3) is 0 Å². The number of fused-ring (bicyclic) bond motifs is 1. The molecule has 0 radical (unpaired) electrons. The predicted molar refractivity (Wildman–Crippen MR) is 108 cm³/mol. The first-order valence-electron chi connectivity index (χ1n) is 9.97. The summed E-state index contributed by atoms with van der Waals surface area (Å²) in [5.74, 6) is -2.76. The summed E-state index contributed by atoms with van der Waals surface area (Å²) >= 11 is 0. The van der Waals surface area contributed by atoms with Crippen molar-refractivity contribution in [3.05, 3.63) is 76.4 Å². The Labute approximate surface area is 181 Å². The van der Waals surface area contributed by atoms with Gasteiger partial charge in [0.15, 0.2) is 0 Å². The van der Waals surface area contributed by atoms with Crippen LogP contribution in [0.1, 0.15) is 23.2 Å². The number of carbonyl (C=O) groups is 1. The number of halogens is 3. The highest BCUT2D eigenvalue weighted by Crippen LogP contribution is 2.21. The Morgan fingerprint density at radius 1 is 1.28 bits per heavy atom. The smallest absolute Gasteiger partial charge is 0.475 e. The fraction of sp³-hybridized carbons (Fsp3) is 0.381. The average molecular weight is 452 g/mol. The van der Waals surface area contributed by atoms with Crippen LogP contribution >= 0.6 is 0 Å². The lowest BCUT2D eigenvalue weighted by molar-refractivity contribution is -0.192. The lowest BCUT2D eigenvalue weighted by Crippen LogP contribution is -2.37. The van der Waals surface area contributed by atoms with E-state index in [-0.39, 0.29) is 5.56 Å². The number of carboxylic acids is 1. The number of aromatic nitrogens is 3. The van der Waals surface area contributed by atoms with Gasteiger partial charge >= 0.3 is 12.1 Å². The molecule has 0 saturated carbocycles. The Bertz CT molecular complexity index is 1060. The van der Waals surface area contributed by atoms with Crippen molar-refractivity contribution in [2.75, 3.05) is 0 Å². The van der Waals surface area contributed by atoms with Crippen LogP contribution in [0, 0.1) is 0 Å². The van der Waals surface area contributed by atoms with Crippen molar-refractivity contribution < 1.29 is 27.5 Å². The van der Waals surface area contributed by atoms with E-state index in [1.165, 1.54) is 11.3 Å². The van der Waals surface area contributed by atoms with E-state index in [0.29, 0.717) is 19.1 Å². The van der Waals surface area contributed by atoms with E-state index >= 15 is 0 Å². The highest BCUT2D eigenvalue weighted by Gasteiger charge is 2.38. The summed E-state index contributed by atoms with van der Waals surface area (Å²) in [5, 5.41) is 14.9. The van der Waals surface area contributed by atoms with Gasteiger partial charge in [-0.25, -0.2) is 4.79 Å². The van der Waals surface area contributed by atoms with Gasteiger partial charge in [-0.2, -0.15) is 18.3 Å². The SMILES string of the molecule is O=C(O)C(F)(F)F.O=c1ccc2c(n1CCn1cccn1)CCC(NCc1ccoc1)C2. The molecular formula is C21H23F3N4O4. The van der Waals surface area contributed by atoms with Crippen molar-refractivity contribution in [3.63, 3.8) is 0 Å². The van der Waals surface area contributed by atoms with Crippen LogP contribution in [0.15, 0.2) is 58.4 Å². The van der Waals surface area contributed by atoms with Gasteiger partial charge in [0.1, 0.15) is 0 Å². The van der Waals surface area contributed by atoms with E-state index in [1.807, 2.05) is 33.6 Å². The summed E-state index contributed by atoms with van der Waals surface area (Å²) in [5.41, 5.74) is 3.70. The molecule has 172 valence electrons. The van der Waals surface area contributed by atoms with E-state index in [9.17, 15) is 18.0 Å². The number of nitrogens with one attached hydrogen (secondary N) is 1. The highest BCUT2D eigenvalue weighted by atomic mass is 19.4. The second-order valence-corrected chi connectivity index (χ2v) is 7.32. The third kappa shape index (κ3) is 6.33. The molecule has 32 heavy (non-hydrogen) atoms. The molecule has 8 nitrogen and oxygen atoms in total. The van der Waals surface area contributed by atoms with E-state index < -0.39 is 12.1 Å². The molecule has 2 N–H and O–H groups in total. The summed E-state index contributed by atoms with van der Waals surface area (Å²) in [4.78, 5) is 21.2. The van der Waals surface area contributed by atoms with Gasteiger partial charge < -0.3 is 19.4 Å². The van der Waals surface area contributed by atoms with Gasteiger partial charge in [0.2, 0.25) is 0 Å². The largest absolute Gasteiger partial charge is 0.490 e. The first-order valence-corrected chi connectivity index (χ1v) is 9.97. The number of pyridine rings is 1. The minimum Gasteiger partial charge on any atom is -0.475 e. The molecule has 0 spiro atoms. The summed E-state index contributed by atoms with van der Waals surface area (Å²) in [6.07, 6.45) is 5.00. The Morgan fingerprint density at radius 2 is 2.06 bits per heavy atom. The minimum absolute atomic E-state index is 0.0794. The van der Waals surface area contributed by atoms with Gasteiger partial charge in [0.05, 0.1) is 19.1 Å². The van der Waals surface area contributed by atoms with Gasteiger partial charge in [-0.3, -0.25) is 9.48 Å². The predicted octanol–water partition coefficient (Wildman–Crippen LogP) is 2.62. The topological polar surface area (TPSA) is 102 Å². The number of aliphatic carboxylic acids is 1. The molecule has 0 saturated heterocycles. The standard InChI is InChI=1S/C19H22N4O2.C2HF3O2/c24-19-5-2-16-12-17(20-13-15-6-11-25-14-15)3-4-18(16)23(19)10-9-22-8-1-7-21-22;3-2(4,5)1(6)7/h1-2,5-8,11,14,17,20H,3-4,9-10,12-13H2;(H,6,7). The Morgan fingerprint density at radius 3 is 2.69 bits per heavy atom. The fourth-order valence-electron chi connectivity index (χ4n) is 3.53. The van der Waals surface area contributed by atoms with Crippen molar-refractivity contribution in [2.24, 2.45) is 0 Å². The van der Waals surface area contributed by atoms with Crippen molar-refractivity contribution in [3.8, 4) is 0 Å². The number of aryl methyl sites for hydroxylation is 1. The molecule has 0 aromatic carbocycles. The monoisotopic (exact) mass is 452 g/mol. The molecule has 1 aliphatic carbocycles. The molecule has 0 bridgehead atoms. The highest BCUT2D eigenvalue weighted by molar-refractivity contribution is 5.73. The van der Waals surface area contributed by atoms with E-state index in [0.717, 1.165) is 31.4 Å². The van der Waals surface area contributed by atoms with Crippen LogP contribution in [0.5, 0.6) is 0 Å². The molecule has 1 unspecified atom stereocenters. The maximum Gasteiger partial charge on any atom is 0.490 e. The second-order valence-electron chi connectivity index (χ2n) is 7.32. The van der Waals surface area contributed by atoms with Crippen molar-refractivity contribution in [1.82, 2.24) is 19.7 Å². The summed E-state index contributed by atoms with van der Waals surface area (Å²) in [7, 11) is 0. The number of alkyl halides is 3. The Kier molecular flexibility index (Phi) is 7.52. The number of hydrogen-bond donors (Lipinski definition) is 2. The molecule has 0 aliphatic heterocycles. The van der Waals surface area contributed by atoms with Gasteiger partial charge in [-0.05, 0) is 37.0 Å². The lowest BCUT2D eigenvalue weighted by atomic mass is 9.91. The molecule has 0 amide bonds. The maximum absolute atomic E-state index is 12.3. The lowest BCUT2D eigenvalue weighted by Gasteiger charge is -2.27. The van der Waals surface area contributed by atoms with Crippen LogP contribution in [0.3, 0.4) is 0 Å². The van der Waals surface area contributed by atoms with Crippen LogP contribution in [-0.4, -0.2) is 37.6 Å². The van der Waals surface area contributed by atoms with E-state index in [1.54, 1.807) is 24.8 Å². The third-order valence-electron chi connectivity index (χ3n) is 5.11. The molecule has 0 fully saturated rings. The maximum atomic E-state index is 12.3. The van der Waals surface area contributed by atoms with E-state index in [4.69, 9.17) is 14.3 Å². The molecular weight excluding hydrogens is 429 g/mol. The van der Waals surface area contributed by atoms with Crippen LogP contribution in [-0.2, 0) is 37.3 Å². The van der Waals surface area contributed by atoms with Crippen molar-refractivity contribution in [1.29, 1.82) is 0 Å². The van der Waals surface area contributed by atoms with Gasteiger partial charge in [0.25, 0.3) is 5.56 Å². The summed E-state index contributed by atoms with van der Waals surface area (Å²) in [6, 6.07) is 8.00. The first-order chi connectivity index (χ1) is 15.2. The molecule has 11 heteroatoms. The average Bonchev–Trinajstić information content (AvgIpc) is 3.45. The molecule has 1 aliphatic rings. The third-order valence-corrected chi connectivity index (χ3v) is 5.11. The fourth-order valence-corrected chi connectivity index (χ4v) is 3.53. The Balaban J connectivity index is 0.000000360. The van der Waals surface area contributed by atoms with Crippen molar-refractivity contribution >= 4 is 5.97 Å². The van der Waals surface area contributed by atoms with Crippen LogP contribution in [0.2, 0.25) is 0 Å². The minimum atomic E-state index is -5.08. The zero-order valence-corrected chi connectivity index (χ0v) is 17.1. The molecule has 3 aromatic heterocycles. The normalized spacial score (nSPS) is 15.5. The number of rotatable bonds is 6. The Hall–Kier alpha value is -3.34. The van der Waals surface area contributed by atoms with Gasteiger partial charge in [0, 0.05) is 48.8 Å². The second kappa shape index (κ2) is 10.3. The summed E-state index contributed by atoms with van der Waals surface area (Å²) < 4.78 is 40.6.